The number of benzene rings is 2. The Morgan fingerprint density at radius 3 is 1.35 bits per heavy atom. The number of esters is 2. The van der Waals surface area contributed by atoms with E-state index in [1.54, 1.807) is 23.5 Å². The lowest BCUT2D eigenvalue weighted by Crippen LogP contribution is -2.27. The molecule has 2 saturated heterocycles. The number of thioether (sulfide) groups is 6. The van der Waals surface area contributed by atoms with Gasteiger partial charge in [-0.25, -0.2) is 19.2 Å². The molecule has 2 atom stereocenters. The van der Waals surface area contributed by atoms with Gasteiger partial charge in [-0.3, -0.25) is 0 Å². The zero-order valence-electron chi connectivity index (χ0n) is 27.6. The average Bonchev–Trinajstić information content (AvgIpc) is 3.84. The molecule has 2 aromatic rings. The molecule has 2 aromatic carbocycles. The van der Waals surface area contributed by atoms with Crippen LogP contribution in [0.5, 0.6) is 11.5 Å². The molecule has 0 amide bonds. The summed E-state index contributed by atoms with van der Waals surface area (Å²) in [6, 6.07) is 15.3. The van der Waals surface area contributed by atoms with Crippen LogP contribution in [0.4, 0.5) is 0 Å². The molecule has 0 saturated carbocycles. The second kappa shape index (κ2) is 23.2. The number of hydrogen-bond acceptors (Lipinski definition) is 14. The Bertz CT molecular complexity index is 1350. The molecule has 2 unspecified atom stereocenters. The average molecular weight is 813 g/mol. The second-order valence-corrected chi connectivity index (χ2v) is 19.0. The maximum absolute atomic E-state index is 12.2. The summed E-state index contributed by atoms with van der Waals surface area (Å²) in [4.78, 5) is 45.9. The van der Waals surface area contributed by atoms with E-state index in [-0.39, 0.29) is 13.2 Å². The summed E-state index contributed by atoms with van der Waals surface area (Å²) in [7, 11) is 0. The molecule has 2 aliphatic heterocycles. The fourth-order valence-electron chi connectivity index (χ4n) is 4.54. The number of carbonyl (C=O) groups is 4. The van der Waals surface area contributed by atoms with Gasteiger partial charge in [0, 0.05) is 70.3 Å². The third kappa shape index (κ3) is 17.3. The highest BCUT2D eigenvalue weighted by Crippen LogP contribution is 2.35. The van der Waals surface area contributed by atoms with Gasteiger partial charge in [-0.05, 0) is 41.8 Å². The lowest BCUT2D eigenvalue weighted by molar-refractivity contribution is -0.144. The van der Waals surface area contributed by atoms with E-state index in [1.165, 1.54) is 0 Å². The number of ether oxygens (including phenoxy) is 4. The number of rotatable bonds is 22. The third-order valence-corrected chi connectivity index (χ3v) is 16.2. The summed E-state index contributed by atoms with van der Waals surface area (Å²) in [5.41, 5.74) is 2.13. The molecule has 0 aliphatic carbocycles. The molecule has 16 heteroatoms. The van der Waals surface area contributed by atoms with Crippen LogP contribution in [0.1, 0.15) is 11.1 Å². The van der Waals surface area contributed by atoms with E-state index in [9.17, 15) is 19.2 Å². The van der Waals surface area contributed by atoms with Gasteiger partial charge in [0.15, 0.2) is 0 Å². The van der Waals surface area contributed by atoms with Crippen LogP contribution in [0, 0.1) is 0 Å². The van der Waals surface area contributed by atoms with Gasteiger partial charge in [-0.15, -0.1) is 47.0 Å². The second-order valence-electron chi connectivity index (χ2n) is 11.0. The van der Waals surface area contributed by atoms with Crippen molar-refractivity contribution in [1.29, 1.82) is 0 Å². The minimum absolute atomic E-state index is 0.141. The van der Waals surface area contributed by atoms with Crippen molar-refractivity contribution < 1.29 is 48.3 Å². The molecule has 2 N–H and O–H groups in total. The third-order valence-electron chi connectivity index (χ3n) is 6.91. The topological polar surface area (TPSA) is 146 Å². The molecule has 51 heavy (non-hydrogen) atoms. The van der Waals surface area contributed by atoms with Gasteiger partial charge in [0.25, 0.3) is 0 Å². The van der Waals surface area contributed by atoms with Crippen LogP contribution in [-0.2, 0) is 35.1 Å². The minimum atomic E-state index is -1.22. The highest BCUT2D eigenvalue weighted by atomic mass is 32.2. The van der Waals surface area contributed by atoms with E-state index in [4.69, 9.17) is 29.2 Å². The first-order valence-corrected chi connectivity index (χ1v) is 22.5. The lowest BCUT2D eigenvalue weighted by Gasteiger charge is -2.19. The molecule has 0 bridgehead atoms. The smallest absolute Gasteiger partial charge is 0.331 e. The predicted octanol–water partition coefficient (Wildman–Crippen LogP) is 6.22. The summed E-state index contributed by atoms with van der Waals surface area (Å²) >= 11 is 11.1. The Labute approximate surface area is 323 Å². The molecule has 2 fully saturated rings. The van der Waals surface area contributed by atoms with E-state index < -0.39 is 36.1 Å². The van der Waals surface area contributed by atoms with Crippen LogP contribution in [0.2, 0.25) is 0 Å². The lowest BCUT2D eigenvalue weighted by atomic mass is 10.0. The summed E-state index contributed by atoms with van der Waals surface area (Å²) in [6.07, 6.45) is 2.93. The van der Waals surface area contributed by atoms with Gasteiger partial charge in [0.05, 0.1) is 9.16 Å². The molecule has 2 heterocycles. The van der Waals surface area contributed by atoms with E-state index >= 15 is 0 Å². The van der Waals surface area contributed by atoms with Crippen molar-refractivity contribution in [2.45, 2.75) is 27.8 Å². The number of hydrogen-bond donors (Lipinski definition) is 2. The van der Waals surface area contributed by atoms with Crippen LogP contribution in [0.25, 0.3) is 0 Å². The molecule has 0 spiro atoms. The van der Waals surface area contributed by atoms with Crippen molar-refractivity contribution in [3.8, 4) is 11.5 Å². The van der Waals surface area contributed by atoms with Gasteiger partial charge in [-0.1, -0.05) is 24.3 Å². The van der Waals surface area contributed by atoms with Crippen molar-refractivity contribution in [2.75, 3.05) is 59.2 Å². The minimum Gasteiger partial charge on any atom is -0.490 e. The Balaban J connectivity index is 1.24. The van der Waals surface area contributed by atoms with E-state index in [0.717, 1.165) is 69.9 Å². The van der Waals surface area contributed by atoms with Crippen LogP contribution in [0.3, 0.4) is 0 Å². The van der Waals surface area contributed by atoms with Gasteiger partial charge in [0.1, 0.15) is 36.9 Å². The van der Waals surface area contributed by atoms with Gasteiger partial charge < -0.3 is 29.2 Å². The van der Waals surface area contributed by atoms with E-state index in [2.05, 4.69) is 0 Å². The monoisotopic (exact) mass is 812 g/mol. The molecular formula is C35H40O10S6. The van der Waals surface area contributed by atoms with Crippen molar-refractivity contribution in [2.24, 2.45) is 0 Å². The first-order valence-electron chi connectivity index (χ1n) is 16.0. The standard InChI is InChI=1S/C35H40O10S6/c36-30(37)9-11-32(40)44-28(20-46-22-34-48-13-14-49-34)18-42-26-5-1-24(2-6-26)17-25-3-7-27(8-4-25)43-19-29(45-33(41)12-10-31(38)39)21-47-23-35-50-15-16-51-35/h1-12,28-29,34-35H,13-23H2,(H,36,37)(H,38,39). The number of carbonyl (C=O) groups excluding carboxylic acids is 2. The highest BCUT2D eigenvalue weighted by molar-refractivity contribution is 8.21. The molecule has 0 aromatic heterocycles. The zero-order valence-corrected chi connectivity index (χ0v) is 32.5. The summed E-state index contributed by atoms with van der Waals surface area (Å²) in [5, 5.41) is 17.6. The summed E-state index contributed by atoms with van der Waals surface area (Å²) in [6.45, 7) is 0.281. The maximum Gasteiger partial charge on any atom is 0.331 e. The Morgan fingerprint density at radius 2 is 1.00 bits per heavy atom. The van der Waals surface area contributed by atoms with Gasteiger partial charge in [0.2, 0.25) is 0 Å². The number of carboxylic acid groups (broad SMARTS) is 2. The molecule has 4 rings (SSSR count). The first kappa shape index (κ1) is 41.3. The van der Waals surface area contributed by atoms with Crippen LogP contribution >= 0.6 is 70.6 Å². The normalized spacial score (nSPS) is 16.3. The van der Waals surface area contributed by atoms with Crippen molar-refractivity contribution in [3.63, 3.8) is 0 Å². The molecular weight excluding hydrogens is 773 g/mol. The van der Waals surface area contributed by atoms with Crippen molar-refractivity contribution in [3.05, 3.63) is 84.0 Å². The molecule has 2 aliphatic rings. The summed E-state index contributed by atoms with van der Waals surface area (Å²) in [5.74, 6) is 4.89. The Hall–Kier alpha value is -2.50. The number of carboxylic acids is 2. The molecule has 0 radical (unpaired) electrons. The quantitative estimate of drug-likeness (QED) is 0.102. The SMILES string of the molecule is O=C(O)C=CC(=O)OC(COc1ccc(Cc2ccc(OCC(CSCC3SCCS3)OC(=O)C=CC(=O)O)cc2)cc1)CSCC1SCCS1. The van der Waals surface area contributed by atoms with Crippen LogP contribution in [-0.4, -0.2) is 115 Å². The zero-order chi connectivity index (χ0) is 36.3. The van der Waals surface area contributed by atoms with E-state index in [0.29, 0.717) is 38.6 Å². The van der Waals surface area contributed by atoms with Crippen molar-refractivity contribution >= 4 is 94.4 Å². The van der Waals surface area contributed by atoms with E-state index in [1.807, 2.05) is 95.6 Å². The molecule has 276 valence electrons. The molecule has 10 nitrogen and oxygen atoms in total. The highest BCUT2D eigenvalue weighted by Gasteiger charge is 2.21. The summed E-state index contributed by atoms with van der Waals surface area (Å²) < 4.78 is 24.0. The predicted molar refractivity (Wildman–Crippen MR) is 212 cm³/mol. The van der Waals surface area contributed by atoms with Crippen LogP contribution < -0.4 is 9.47 Å². The largest absolute Gasteiger partial charge is 0.490 e. The Morgan fingerprint density at radius 1 is 0.627 bits per heavy atom. The fourth-order valence-corrected chi connectivity index (χ4v) is 13.3. The fraction of sp³-hybridized carbons (Fsp3) is 0.429. The van der Waals surface area contributed by atoms with Crippen molar-refractivity contribution in [1.82, 2.24) is 0 Å². The van der Waals surface area contributed by atoms with Gasteiger partial charge in [-0.2, -0.15) is 23.5 Å². The maximum atomic E-state index is 12.2. The first-order chi connectivity index (χ1) is 24.7. The van der Waals surface area contributed by atoms with Gasteiger partial charge >= 0.3 is 23.9 Å². The van der Waals surface area contributed by atoms with Crippen LogP contribution in [0.15, 0.2) is 72.8 Å². The Kier molecular flexibility index (Phi) is 18.8. The number of aliphatic carboxylic acids is 2.